The van der Waals surface area contributed by atoms with Crippen molar-refractivity contribution in [2.75, 3.05) is 78.3 Å². The summed E-state index contributed by atoms with van der Waals surface area (Å²) in [5.41, 5.74) is 7.76. The van der Waals surface area contributed by atoms with Crippen molar-refractivity contribution in [1.82, 2.24) is 0 Å². The first-order valence-electron chi connectivity index (χ1n) is 21.5. The molecule has 0 atom stereocenters. The van der Waals surface area contributed by atoms with Crippen LogP contribution in [0.3, 0.4) is 0 Å². The second-order valence-corrected chi connectivity index (χ2v) is 19.8. The lowest BCUT2D eigenvalue weighted by Crippen LogP contribution is -3.00. The molecule has 2 aliphatic rings. The number of rotatable bonds is 16. The Morgan fingerprint density at radius 3 is 1.24 bits per heavy atom. The lowest BCUT2D eigenvalue weighted by Gasteiger charge is -2.33. The lowest BCUT2D eigenvalue weighted by atomic mass is 10.1. The Balaban J connectivity index is 0.00000218. The van der Waals surface area contributed by atoms with Crippen molar-refractivity contribution in [3.8, 4) is 0 Å². The van der Waals surface area contributed by atoms with Crippen molar-refractivity contribution in [2.24, 2.45) is 0 Å². The molecule has 4 aromatic carbocycles. The van der Waals surface area contributed by atoms with Gasteiger partial charge in [-0.3, -0.25) is 0 Å². The predicted molar refractivity (Wildman–Crippen MR) is 252 cm³/mol. The maximum Gasteiger partial charge on any atom is 0.213 e. The number of hydrogen-bond donors (Lipinski definition) is 0. The van der Waals surface area contributed by atoms with Crippen LogP contribution < -0.4 is 115 Å². The van der Waals surface area contributed by atoms with Gasteiger partial charge in [0, 0.05) is 80.3 Å². The van der Waals surface area contributed by atoms with E-state index in [0.717, 1.165) is 22.1 Å². The topological polar surface area (TPSA) is 14.2 Å². The number of benzene rings is 4. The summed E-state index contributed by atoms with van der Waals surface area (Å²) in [6, 6.07) is 39.8. The third-order valence-corrected chi connectivity index (χ3v) is 14.7. The lowest BCUT2D eigenvalue weighted by molar-refractivity contribution is -0.909. The fraction of sp³-hybridized carbons (Fsp3) is 0.333. The van der Waals surface area contributed by atoms with Crippen LogP contribution in [0.4, 0.5) is 11.4 Å². The molecule has 63 heavy (non-hydrogen) atoms. The number of nitrogens with zero attached hydrogens (tertiary/aromatic N) is 6. The van der Waals surface area contributed by atoms with E-state index in [0.29, 0.717) is 0 Å². The number of halogens is 4. The van der Waals surface area contributed by atoms with Crippen LogP contribution >= 0.6 is 23.5 Å². The Labute approximate surface area is 453 Å². The van der Waals surface area contributed by atoms with Gasteiger partial charge in [-0.1, -0.05) is 72.1 Å². The molecule has 8 rings (SSSR count). The average Bonchev–Trinajstić information content (AvgIpc) is 3.73. The largest absolute Gasteiger partial charge is 1.00 e. The highest BCUT2D eigenvalue weighted by Gasteiger charge is 2.25. The summed E-state index contributed by atoms with van der Waals surface area (Å²) >= 11 is 3.72. The third kappa shape index (κ3) is 13.3. The molecule has 6 nitrogen and oxygen atoms in total. The van der Waals surface area contributed by atoms with Crippen LogP contribution in [0.25, 0.3) is 34.0 Å². The fourth-order valence-corrected chi connectivity index (χ4v) is 11.0. The standard InChI is InChI=1S/C51H62N6S2.4HI/c1-52-46-24-11-13-26-48(46)58-50(52)38-40-28-32-54(44-22-9-7-20-42(40)44)30-15-17-34-56(3,4)36-19-37-57(5,6)35-18-16-31-55-33-29-41(43-21-8-10-23-45(43)55)39-51-53(2)47-25-12-14-27-49(47)59-51;;;;/h7-14,20-29,32-33,38-39H,15-19,30-31,34-37H2,1-6H3;4*1H/q+4;;;;/p-4. The highest BCUT2D eigenvalue weighted by molar-refractivity contribution is 8.04. The first-order chi connectivity index (χ1) is 28.6. The van der Waals surface area contributed by atoms with Crippen molar-refractivity contribution in [3.05, 3.63) is 143 Å². The maximum atomic E-state index is 2.46. The number of anilines is 2. The van der Waals surface area contributed by atoms with E-state index < -0.39 is 0 Å². The summed E-state index contributed by atoms with van der Waals surface area (Å²) in [6.07, 6.45) is 15.4. The molecule has 336 valence electrons. The summed E-state index contributed by atoms with van der Waals surface area (Å²) in [4.78, 5) is 7.27. The fourth-order valence-electron chi connectivity index (χ4n) is 8.81. The van der Waals surface area contributed by atoms with Crippen molar-refractivity contribution in [2.45, 2.75) is 55.0 Å². The second kappa shape index (κ2) is 24.4. The van der Waals surface area contributed by atoms with E-state index in [1.165, 1.54) is 122 Å². The molecule has 0 N–H and O–H groups in total. The van der Waals surface area contributed by atoms with Gasteiger partial charge < -0.3 is 115 Å². The second-order valence-electron chi connectivity index (χ2n) is 17.7. The molecule has 0 unspecified atom stereocenters. The van der Waals surface area contributed by atoms with Crippen molar-refractivity contribution < 1.29 is 114 Å². The smallest absolute Gasteiger partial charge is 0.213 e. The minimum atomic E-state index is 0. The van der Waals surface area contributed by atoms with E-state index in [1.54, 1.807) is 0 Å². The van der Waals surface area contributed by atoms with Crippen LogP contribution in [0.1, 0.15) is 43.2 Å². The molecule has 12 heteroatoms. The number of fused-ring (bicyclic) bond motifs is 4. The molecule has 0 amide bonds. The Kier molecular flexibility index (Phi) is 20.9. The van der Waals surface area contributed by atoms with E-state index in [-0.39, 0.29) is 95.9 Å². The zero-order chi connectivity index (χ0) is 41.0. The van der Waals surface area contributed by atoms with Crippen LogP contribution in [0.15, 0.2) is 141 Å². The molecule has 4 heterocycles. The number of aromatic nitrogens is 2. The van der Waals surface area contributed by atoms with Crippen LogP contribution in [-0.4, -0.2) is 77.4 Å². The Morgan fingerprint density at radius 2 is 0.825 bits per heavy atom. The molecule has 0 spiro atoms. The van der Waals surface area contributed by atoms with Gasteiger partial charge >= 0.3 is 0 Å². The van der Waals surface area contributed by atoms with Crippen LogP contribution in [-0.2, 0) is 13.1 Å². The summed E-state index contributed by atoms with van der Waals surface area (Å²) in [7, 11) is 14.0. The number of aryl methyl sites for hydroxylation is 2. The van der Waals surface area contributed by atoms with Gasteiger partial charge in [-0.05, 0) is 59.7 Å². The molecule has 6 aromatic rings. The summed E-state index contributed by atoms with van der Waals surface area (Å²) < 4.78 is 7.09. The molecule has 0 bridgehead atoms. The highest BCUT2D eigenvalue weighted by Crippen LogP contribution is 2.46. The maximum absolute atomic E-state index is 2.46. The molecule has 0 saturated carbocycles. The minimum absolute atomic E-state index is 0. The van der Waals surface area contributed by atoms with Gasteiger partial charge in [0.2, 0.25) is 11.0 Å². The predicted octanol–water partition coefficient (Wildman–Crippen LogP) is -1.53. The van der Waals surface area contributed by atoms with Crippen LogP contribution in [0.2, 0.25) is 0 Å². The SMILES string of the molecule is CN1/C(=C\c2cc[n+](CCCC[N+](C)(C)CCC[N+](C)(C)CCCC[n+]3ccc(/C=C4/Sc5ccccc5N4C)c4ccccc43)c3ccccc23)Sc2ccccc21.[I-].[I-].[I-].[I-]. The van der Waals surface area contributed by atoms with Gasteiger partial charge in [0.15, 0.2) is 12.4 Å². The Hall–Kier alpha value is -1.68. The molecule has 0 fully saturated rings. The summed E-state index contributed by atoms with van der Waals surface area (Å²) in [6.45, 7) is 6.96. The van der Waals surface area contributed by atoms with E-state index >= 15 is 0 Å². The first-order valence-corrected chi connectivity index (χ1v) is 23.1. The zero-order valence-corrected chi connectivity index (χ0v) is 47.8. The number of pyridine rings is 2. The monoisotopic (exact) mass is 1330 g/mol. The van der Waals surface area contributed by atoms with Gasteiger partial charge in [-0.25, -0.2) is 0 Å². The minimum Gasteiger partial charge on any atom is -1.00 e. The first kappa shape index (κ1) is 53.9. The molecule has 0 radical (unpaired) electrons. The van der Waals surface area contributed by atoms with Gasteiger partial charge in [0.25, 0.3) is 0 Å². The third-order valence-electron chi connectivity index (χ3n) is 12.4. The molecule has 2 aliphatic heterocycles. The Bertz CT molecular complexity index is 2350. The van der Waals surface area contributed by atoms with E-state index in [1.807, 2.05) is 23.5 Å². The van der Waals surface area contributed by atoms with E-state index in [4.69, 9.17) is 0 Å². The van der Waals surface area contributed by atoms with Crippen molar-refractivity contribution in [1.29, 1.82) is 0 Å². The van der Waals surface area contributed by atoms with Gasteiger partial charge in [-0.2, -0.15) is 9.13 Å². The van der Waals surface area contributed by atoms with Crippen LogP contribution in [0, 0.1) is 0 Å². The summed E-state index contributed by atoms with van der Waals surface area (Å²) in [5.74, 6) is 0. The normalized spacial score (nSPS) is 14.6. The number of hydrogen-bond acceptors (Lipinski definition) is 4. The molecule has 0 aliphatic carbocycles. The van der Waals surface area contributed by atoms with Crippen LogP contribution in [0.5, 0.6) is 0 Å². The van der Waals surface area contributed by atoms with E-state index in [9.17, 15) is 0 Å². The quantitative estimate of drug-likeness (QED) is 0.0507. The Morgan fingerprint density at radius 1 is 0.460 bits per heavy atom. The molecular formula is C51H62I4N6S2. The average molecular weight is 1330 g/mol. The van der Waals surface area contributed by atoms with Gasteiger partial charge in [0.05, 0.1) is 86.6 Å². The number of unbranched alkanes of at least 4 members (excludes halogenated alkanes) is 2. The summed E-state index contributed by atoms with van der Waals surface area (Å²) in [5, 5.41) is 5.18. The number of para-hydroxylation sites is 4. The highest BCUT2D eigenvalue weighted by atomic mass is 127. The number of thioether (sulfide) groups is 2. The number of quaternary nitrogens is 2. The molecular weight excluding hydrogens is 1270 g/mol. The van der Waals surface area contributed by atoms with E-state index in [2.05, 4.69) is 195 Å². The van der Waals surface area contributed by atoms with Gasteiger partial charge in [0.1, 0.15) is 13.1 Å². The van der Waals surface area contributed by atoms with Crippen molar-refractivity contribution in [3.63, 3.8) is 0 Å². The zero-order valence-electron chi connectivity index (χ0n) is 37.5. The molecule has 2 aromatic heterocycles. The molecule has 0 saturated heterocycles. The van der Waals surface area contributed by atoms with Gasteiger partial charge in [-0.15, -0.1) is 0 Å². The van der Waals surface area contributed by atoms with Crippen molar-refractivity contribution >= 4 is 68.9 Å².